The van der Waals surface area contributed by atoms with Crippen LogP contribution in [0.25, 0.3) is 0 Å². The van der Waals surface area contributed by atoms with Crippen LogP contribution in [0.15, 0.2) is 54.6 Å². The van der Waals surface area contributed by atoms with E-state index >= 15 is 0 Å². The molecule has 1 amide bonds. The van der Waals surface area contributed by atoms with Crippen molar-refractivity contribution in [2.45, 2.75) is 38.3 Å². The Morgan fingerprint density at radius 3 is 2.45 bits per heavy atom. The molecular formula is C23H31NO5. The van der Waals surface area contributed by atoms with Crippen LogP contribution in [-0.4, -0.2) is 54.7 Å². The van der Waals surface area contributed by atoms with Crippen LogP contribution in [0.3, 0.4) is 0 Å². The molecule has 2 unspecified atom stereocenters. The van der Waals surface area contributed by atoms with Gasteiger partial charge in [0.25, 0.3) is 0 Å². The Hall–Kier alpha value is -2.41. The number of rotatable bonds is 13. The normalized spacial score (nSPS) is 13.0. The van der Waals surface area contributed by atoms with Gasteiger partial charge in [-0.2, -0.15) is 0 Å². The molecule has 0 saturated heterocycles. The van der Waals surface area contributed by atoms with Crippen LogP contribution in [0.5, 0.6) is 5.75 Å². The number of phenols is 1. The summed E-state index contributed by atoms with van der Waals surface area (Å²) in [6.07, 6.45) is 1.56. The molecule has 0 heterocycles. The average Bonchev–Trinajstić information content (AvgIpc) is 2.73. The molecule has 29 heavy (non-hydrogen) atoms. The zero-order chi connectivity index (χ0) is 20.9. The van der Waals surface area contributed by atoms with E-state index in [0.29, 0.717) is 32.5 Å². The average molecular weight is 402 g/mol. The van der Waals surface area contributed by atoms with Crippen LogP contribution in [0.4, 0.5) is 0 Å². The molecular weight excluding hydrogens is 370 g/mol. The van der Waals surface area contributed by atoms with Crippen molar-refractivity contribution in [3.8, 4) is 5.75 Å². The first-order chi connectivity index (χ1) is 14.1. The Morgan fingerprint density at radius 1 is 1.03 bits per heavy atom. The first-order valence-electron chi connectivity index (χ1n) is 9.98. The summed E-state index contributed by atoms with van der Waals surface area (Å²) in [5.41, 5.74) is 2.13. The number of hydrogen-bond acceptors (Lipinski definition) is 5. The molecule has 3 N–H and O–H groups in total. The molecule has 0 radical (unpaired) electrons. The molecule has 0 aromatic heterocycles. The summed E-state index contributed by atoms with van der Waals surface area (Å²) in [6.45, 7) is 2.86. The third-order valence-corrected chi connectivity index (χ3v) is 4.43. The summed E-state index contributed by atoms with van der Waals surface area (Å²) in [4.78, 5) is 12.5. The fourth-order valence-electron chi connectivity index (χ4n) is 2.95. The van der Waals surface area contributed by atoms with Gasteiger partial charge < -0.3 is 25.0 Å². The number of aromatic hydroxyl groups is 1. The SMILES string of the molecule is CC(COCC(Cc1ccc(O)cc1)NC(=O)CCc1ccccc1)OCCO. The maximum Gasteiger partial charge on any atom is 0.220 e. The molecule has 0 saturated carbocycles. The lowest BCUT2D eigenvalue weighted by atomic mass is 10.1. The number of phenolic OH excluding ortho intramolecular Hbond substituents is 1. The van der Waals surface area contributed by atoms with E-state index in [9.17, 15) is 9.90 Å². The highest BCUT2D eigenvalue weighted by Gasteiger charge is 2.15. The third kappa shape index (κ3) is 9.56. The minimum atomic E-state index is -0.187. The molecule has 0 bridgehead atoms. The summed E-state index contributed by atoms with van der Waals surface area (Å²) in [5.74, 6) is 0.189. The number of amides is 1. The Balaban J connectivity index is 1.86. The van der Waals surface area contributed by atoms with Crippen molar-refractivity contribution in [2.75, 3.05) is 26.4 Å². The van der Waals surface area contributed by atoms with Crippen molar-refractivity contribution in [3.05, 3.63) is 65.7 Å². The fraction of sp³-hybridized carbons (Fsp3) is 0.435. The molecule has 6 nitrogen and oxygen atoms in total. The van der Waals surface area contributed by atoms with Gasteiger partial charge in [-0.1, -0.05) is 42.5 Å². The number of aliphatic hydroxyl groups excluding tert-OH is 1. The molecule has 0 aliphatic heterocycles. The molecule has 2 atom stereocenters. The first kappa shape index (κ1) is 22.9. The quantitative estimate of drug-likeness (QED) is 0.480. The van der Waals surface area contributed by atoms with Gasteiger partial charge in [-0.15, -0.1) is 0 Å². The number of hydrogen-bond donors (Lipinski definition) is 3. The van der Waals surface area contributed by atoms with Crippen LogP contribution >= 0.6 is 0 Å². The minimum Gasteiger partial charge on any atom is -0.508 e. The number of benzene rings is 2. The van der Waals surface area contributed by atoms with Crippen molar-refractivity contribution in [1.82, 2.24) is 5.32 Å². The van der Waals surface area contributed by atoms with Crippen LogP contribution in [0.2, 0.25) is 0 Å². The largest absolute Gasteiger partial charge is 0.508 e. The van der Waals surface area contributed by atoms with Gasteiger partial charge >= 0.3 is 0 Å². The second-order valence-corrected chi connectivity index (χ2v) is 7.06. The summed E-state index contributed by atoms with van der Waals surface area (Å²) in [5, 5.41) is 21.3. The van der Waals surface area contributed by atoms with Crippen LogP contribution in [0.1, 0.15) is 24.5 Å². The maximum atomic E-state index is 12.5. The summed E-state index contributed by atoms with van der Waals surface area (Å²) < 4.78 is 11.1. The maximum absolute atomic E-state index is 12.5. The van der Waals surface area contributed by atoms with Crippen molar-refractivity contribution >= 4 is 5.91 Å². The van der Waals surface area contributed by atoms with Gasteiger partial charge in [-0.05, 0) is 43.0 Å². The van der Waals surface area contributed by atoms with Gasteiger partial charge in [-0.25, -0.2) is 0 Å². The second-order valence-electron chi connectivity index (χ2n) is 7.06. The van der Waals surface area contributed by atoms with Crippen LogP contribution < -0.4 is 5.32 Å². The zero-order valence-corrected chi connectivity index (χ0v) is 16.9. The van der Waals surface area contributed by atoms with Gasteiger partial charge in [-0.3, -0.25) is 4.79 Å². The van der Waals surface area contributed by atoms with Gasteiger partial charge in [0.15, 0.2) is 0 Å². The van der Waals surface area contributed by atoms with E-state index in [1.165, 1.54) is 0 Å². The molecule has 2 aromatic carbocycles. The van der Waals surface area contributed by atoms with Gasteiger partial charge in [0, 0.05) is 6.42 Å². The highest BCUT2D eigenvalue weighted by atomic mass is 16.5. The molecule has 2 aromatic rings. The van der Waals surface area contributed by atoms with Gasteiger partial charge in [0.05, 0.1) is 38.6 Å². The van der Waals surface area contributed by atoms with E-state index in [2.05, 4.69) is 5.32 Å². The molecule has 0 spiro atoms. The third-order valence-electron chi connectivity index (χ3n) is 4.43. The van der Waals surface area contributed by atoms with E-state index in [1.54, 1.807) is 12.1 Å². The number of carbonyl (C=O) groups is 1. The number of aliphatic hydroxyl groups is 1. The molecule has 0 aliphatic rings. The standard InChI is InChI=1S/C23H31NO5/c1-18(29-14-13-25)16-28-17-21(15-20-7-10-22(26)11-8-20)24-23(27)12-9-19-5-3-2-4-6-19/h2-8,10-11,18,21,25-26H,9,12-17H2,1H3,(H,24,27). The number of nitrogens with one attached hydrogen (secondary N) is 1. The molecule has 0 aliphatic carbocycles. The summed E-state index contributed by atoms with van der Waals surface area (Å²) in [6, 6.07) is 16.7. The Kier molecular flexibility index (Phi) is 10.2. The summed E-state index contributed by atoms with van der Waals surface area (Å²) in [7, 11) is 0. The number of aryl methyl sites for hydroxylation is 1. The van der Waals surface area contributed by atoms with Crippen molar-refractivity contribution < 1.29 is 24.5 Å². The lowest BCUT2D eigenvalue weighted by Gasteiger charge is -2.21. The minimum absolute atomic E-state index is 0.0224. The smallest absolute Gasteiger partial charge is 0.220 e. The van der Waals surface area contributed by atoms with E-state index in [4.69, 9.17) is 14.6 Å². The van der Waals surface area contributed by atoms with E-state index in [1.807, 2.05) is 49.4 Å². The van der Waals surface area contributed by atoms with E-state index in [0.717, 1.165) is 11.1 Å². The highest BCUT2D eigenvalue weighted by Crippen LogP contribution is 2.12. The molecule has 0 fully saturated rings. The second kappa shape index (κ2) is 12.9. The van der Waals surface area contributed by atoms with Crippen LogP contribution in [-0.2, 0) is 27.1 Å². The van der Waals surface area contributed by atoms with Gasteiger partial charge in [0.2, 0.25) is 5.91 Å². The Bertz CT molecular complexity index is 705. The molecule has 6 heteroatoms. The Morgan fingerprint density at radius 2 is 1.76 bits per heavy atom. The predicted octanol–water partition coefficient (Wildman–Crippen LogP) is 2.47. The lowest BCUT2D eigenvalue weighted by molar-refractivity contribution is -0.122. The van der Waals surface area contributed by atoms with Crippen molar-refractivity contribution in [1.29, 1.82) is 0 Å². The van der Waals surface area contributed by atoms with E-state index < -0.39 is 0 Å². The predicted molar refractivity (Wildman–Crippen MR) is 112 cm³/mol. The zero-order valence-electron chi connectivity index (χ0n) is 16.9. The fourth-order valence-corrected chi connectivity index (χ4v) is 2.95. The Labute approximate surface area is 172 Å². The molecule has 2 rings (SSSR count). The lowest BCUT2D eigenvalue weighted by Crippen LogP contribution is -2.40. The summed E-state index contributed by atoms with van der Waals surface area (Å²) >= 11 is 0. The number of ether oxygens (including phenoxy) is 2. The molecule has 158 valence electrons. The number of carbonyl (C=O) groups excluding carboxylic acids is 1. The van der Waals surface area contributed by atoms with Crippen LogP contribution in [0, 0.1) is 0 Å². The topological polar surface area (TPSA) is 88.0 Å². The monoisotopic (exact) mass is 401 g/mol. The van der Waals surface area contributed by atoms with Crippen molar-refractivity contribution in [3.63, 3.8) is 0 Å². The van der Waals surface area contributed by atoms with E-state index in [-0.39, 0.29) is 37.0 Å². The first-order valence-corrected chi connectivity index (χ1v) is 9.98. The highest BCUT2D eigenvalue weighted by molar-refractivity contribution is 5.76. The van der Waals surface area contributed by atoms with Crippen molar-refractivity contribution in [2.24, 2.45) is 0 Å². The van der Waals surface area contributed by atoms with Gasteiger partial charge in [0.1, 0.15) is 5.75 Å².